The van der Waals surface area contributed by atoms with Gasteiger partial charge in [-0.3, -0.25) is 4.79 Å². The van der Waals surface area contributed by atoms with E-state index in [0.717, 1.165) is 34.0 Å². The normalized spacial score (nSPS) is 15.8. The summed E-state index contributed by atoms with van der Waals surface area (Å²) in [6.07, 6.45) is 0.419. The number of fused-ring (bicyclic) bond motifs is 1. The SMILES string of the molecule is CCOc1ccccc1N1CC(c2nc3ccccc3n2CCOc2ccc(C)cc2)CC1=O. The second-order valence-electron chi connectivity index (χ2n) is 8.58. The Balaban J connectivity index is 1.40. The molecule has 2 heterocycles. The number of benzene rings is 3. The van der Waals surface area contributed by atoms with Crippen molar-refractivity contribution in [1.29, 1.82) is 0 Å². The van der Waals surface area contributed by atoms with Gasteiger partial charge in [0.05, 0.1) is 29.9 Å². The highest BCUT2D eigenvalue weighted by atomic mass is 16.5. The highest BCUT2D eigenvalue weighted by Gasteiger charge is 2.36. The molecule has 0 bridgehead atoms. The molecule has 0 aliphatic carbocycles. The molecule has 1 atom stereocenters. The zero-order chi connectivity index (χ0) is 23.5. The predicted molar refractivity (Wildman–Crippen MR) is 134 cm³/mol. The predicted octanol–water partition coefficient (Wildman–Crippen LogP) is 5.34. The molecule has 1 aliphatic rings. The van der Waals surface area contributed by atoms with Crippen LogP contribution in [0, 0.1) is 6.92 Å². The number of aryl methyl sites for hydroxylation is 1. The Kier molecular flexibility index (Phi) is 6.21. The molecular weight excluding hydrogens is 426 g/mol. The fraction of sp³-hybridized carbons (Fsp3) is 0.286. The van der Waals surface area contributed by atoms with E-state index in [1.54, 1.807) is 0 Å². The Labute approximate surface area is 199 Å². The molecule has 0 radical (unpaired) electrons. The standard InChI is InChI=1S/C28H29N3O3/c1-3-33-26-11-7-6-10-25(26)31-19-21(18-27(31)32)28-29-23-8-4-5-9-24(23)30(28)16-17-34-22-14-12-20(2)13-15-22/h4-15,21H,3,16-19H2,1-2H3. The Morgan fingerprint density at radius 3 is 2.56 bits per heavy atom. The van der Waals surface area contributed by atoms with Gasteiger partial charge in [-0.25, -0.2) is 4.98 Å². The van der Waals surface area contributed by atoms with Crippen LogP contribution in [0.15, 0.2) is 72.8 Å². The number of hydrogen-bond donors (Lipinski definition) is 0. The van der Waals surface area contributed by atoms with Gasteiger partial charge in [0.25, 0.3) is 0 Å². The number of carbonyl (C=O) groups excluding carboxylic acids is 1. The van der Waals surface area contributed by atoms with Crippen molar-refractivity contribution in [2.24, 2.45) is 0 Å². The minimum atomic E-state index is -0.00559. The Morgan fingerprint density at radius 2 is 1.74 bits per heavy atom. The average molecular weight is 456 g/mol. The fourth-order valence-corrected chi connectivity index (χ4v) is 4.60. The van der Waals surface area contributed by atoms with E-state index in [1.165, 1.54) is 5.56 Å². The molecule has 1 amide bonds. The van der Waals surface area contributed by atoms with Gasteiger partial charge in [0.15, 0.2) is 0 Å². The topological polar surface area (TPSA) is 56.6 Å². The summed E-state index contributed by atoms with van der Waals surface area (Å²) in [5.41, 5.74) is 4.03. The number of imidazole rings is 1. The molecule has 6 nitrogen and oxygen atoms in total. The lowest BCUT2D eigenvalue weighted by molar-refractivity contribution is -0.117. The molecule has 0 spiro atoms. The molecule has 1 aromatic heterocycles. The summed E-state index contributed by atoms with van der Waals surface area (Å²) >= 11 is 0. The lowest BCUT2D eigenvalue weighted by Gasteiger charge is -2.20. The van der Waals surface area contributed by atoms with Gasteiger partial charge in [0.2, 0.25) is 5.91 Å². The molecule has 174 valence electrons. The van der Waals surface area contributed by atoms with Gasteiger partial charge in [-0.05, 0) is 50.2 Å². The summed E-state index contributed by atoms with van der Waals surface area (Å²) in [7, 11) is 0. The molecule has 6 heteroatoms. The quantitative estimate of drug-likeness (QED) is 0.360. The maximum absolute atomic E-state index is 13.1. The van der Waals surface area contributed by atoms with Crippen molar-refractivity contribution in [2.45, 2.75) is 32.7 Å². The first-order valence-corrected chi connectivity index (χ1v) is 11.8. The van der Waals surface area contributed by atoms with Crippen molar-refractivity contribution in [3.05, 3.63) is 84.2 Å². The van der Waals surface area contributed by atoms with Crippen molar-refractivity contribution in [3.63, 3.8) is 0 Å². The van der Waals surface area contributed by atoms with Crippen LogP contribution in [0.25, 0.3) is 11.0 Å². The zero-order valence-electron chi connectivity index (χ0n) is 19.6. The van der Waals surface area contributed by atoms with Crippen molar-refractivity contribution in [2.75, 3.05) is 24.7 Å². The van der Waals surface area contributed by atoms with Gasteiger partial charge in [-0.2, -0.15) is 0 Å². The van der Waals surface area contributed by atoms with Gasteiger partial charge < -0.3 is 18.9 Å². The van der Waals surface area contributed by atoms with Crippen molar-refractivity contribution < 1.29 is 14.3 Å². The van der Waals surface area contributed by atoms with E-state index >= 15 is 0 Å². The number of aromatic nitrogens is 2. The molecule has 0 N–H and O–H groups in total. The molecule has 1 fully saturated rings. The number of anilines is 1. The number of para-hydroxylation sites is 4. The first-order valence-electron chi connectivity index (χ1n) is 11.8. The van der Waals surface area contributed by atoms with Crippen LogP contribution in [0.3, 0.4) is 0 Å². The lowest BCUT2D eigenvalue weighted by Crippen LogP contribution is -2.25. The van der Waals surface area contributed by atoms with Crippen molar-refractivity contribution >= 4 is 22.6 Å². The van der Waals surface area contributed by atoms with E-state index < -0.39 is 0 Å². The minimum Gasteiger partial charge on any atom is -0.492 e. The van der Waals surface area contributed by atoms with Crippen LogP contribution in [0.5, 0.6) is 11.5 Å². The fourth-order valence-electron chi connectivity index (χ4n) is 4.60. The van der Waals surface area contributed by atoms with E-state index in [0.29, 0.717) is 32.7 Å². The third-order valence-corrected chi connectivity index (χ3v) is 6.23. The molecule has 34 heavy (non-hydrogen) atoms. The Morgan fingerprint density at radius 1 is 0.971 bits per heavy atom. The zero-order valence-corrected chi connectivity index (χ0v) is 19.6. The van der Waals surface area contributed by atoms with Crippen LogP contribution in [0.1, 0.15) is 30.7 Å². The van der Waals surface area contributed by atoms with E-state index in [9.17, 15) is 4.79 Å². The molecule has 1 saturated heterocycles. The number of ether oxygens (including phenoxy) is 2. The van der Waals surface area contributed by atoms with Crippen molar-refractivity contribution in [1.82, 2.24) is 9.55 Å². The first-order chi connectivity index (χ1) is 16.6. The Hall–Kier alpha value is -3.80. The smallest absolute Gasteiger partial charge is 0.227 e. The van der Waals surface area contributed by atoms with Gasteiger partial charge in [-0.1, -0.05) is 42.0 Å². The van der Waals surface area contributed by atoms with Gasteiger partial charge in [0, 0.05) is 18.9 Å². The summed E-state index contributed by atoms with van der Waals surface area (Å²) < 4.78 is 14.0. The van der Waals surface area contributed by atoms with Crippen LogP contribution >= 0.6 is 0 Å². The molecule has 1 unspecified atom stereocenters. The monoisotopic (exact) mass is 455 g/mol. The summed E-state index contributed by atoms with van der Waals surface area (Å²) in [5, 5.41) is 0. The lowest BCUT2D eigenvalue weighted by atomic mass is 10.1. The number of nitrogens with zero attached hydrogens (tertiary/aromatic N) is 3. The van der Waals surface area contributed by atoms with Gasteiger partial charge in [-0.15, -0.1) is 0 Å². The van der Waals surface area contributed by atoms with Gasteiger partial charge in [0.1, 0.15) is 23.9 Å². The minimum absolute atomic E-state index is 0.00559. The highest BCUT2D eigenvalue weighted by Crippen LogP contribution is 2.37. The summed E-state index contributed by atoms with van der Waals surface area (Å²) in [5.74, 6) is 2.60. The van der Waals surface area contributed by atoms with E-state index in [2.05, 4.69) is 17.6 Å². The first kappa shape index (κ1) is 22.0. The number of carbonyl (C=O) groups is 1. The van der Waals surface area contributed by atoms with E-state index in [-0.39, 0.29) is 11.8 Å². The third kappa shape index (κ3) is 4.36. The largest absolute Gasteiger partial charge is 0.492 e. The van der Waals surface area contributed by atoms with Gasteiger partial charge >= 0.3 is 0 Å². The van der Waals surface area contributed by atoms with E-state index in [1.807, 2.05) is 78.6 Å². The van der Waals surface area contributed by atoms with Crippen LogP contribution in [-0.2, 0) is 11.3 Å². The molecule has 0 saturated carbocycles. The highest BCUT2D eigenvalue weighted by molar-refractivity contribution is 5.97. The second kappa shape index (κ2) is 9.59. The molecule has 3 aromatic carbocycles. The number of rotatable bonds is 8. The van der Waals surface area contributed by atoms with E-state index in [4.69, 9.17) is 14.5 Å². The molecule has 1 aliphatic heterocycles. The maximum Gasteiger partial charge on any atom is 0.227 e. The van der Waals surface area contributed by atoms with Crippen molar-refractivity contribution in [3.8, 4) is 11.5 Å². The number of hydrogen-bond acceptors (Lipinski definition) is 4. The van der Waals surface area contributed by atoms with Crippen LogP contribution < -0.4 is 14.4 Å². The van der Waals surface area contributed by atoms with Crippen LogP contribution in [0.4, 0.5) is 5.69 Å². The third-order valence-electron chi connectivity index (χ3n) is 6.23. The summed E-state index contributed by atoms with van der Waals surface area (Å²) in [6, 6.07) is 23.9. The molecular formula is C28H29N3O3. The average Bonchev–Trinajstić information content (AvgIpc) is 3.41. The van der Waals surface area contributed by atoms with Crippen LogP contribution in [0.2, 0.25) is 0 Å². The molecule has 5 rings (SSSR count). The second-order valence-corrected chi connectivity index (χ2v) is 8.58. The van der Waals surface area contributed by atoms with Crippen LogP contribution in [-0.4, -0.2) is 35.2 Å². The summed E-state index contributed by atoms with van der Waals surface area (Å²) in [4.78, 5) is 19.9. The molecule has 4 aromatic rings. The Bertz CT molecular complexity index is 1300. The maximum atomic E-state index is 13.1. The summed E-state index contributed by atoms with van der Waals surface area (Å²) in [6.45, 7) is 6.32. The number of amides is 1.